The van der Waals surface area contributed by atoms with Gasteiger partial charge in [0, 0.05) is 19.6 Å². The third kappa shape index (κ3) is 4.47. The lowest BCUT2D eigenvalue weighted by atomic mass is 9.89. The van der Waals surface area contributed by atoms with E-state index in [4.69, 9.17) is 0 Å². The van der Waals surface area contributed by atoms with Gasteiger partial charge in [0.05, 0.1) is 6.04 Å². The Kier molecular flexibility index (Phi) is 5.88. The molecule has 0 aromatic carbocycles. The molecule has 0 bridgehead atoms. The highest BCUT2D eigenvalue weighted by atomic mass is 16.2. The molecule has 3 atom stereocenters. The zero-order chi connectivity index (χ0) is 14.5. The van der Waals surface area contributed by atoms with Gasteiger partial charge in [-0.1, -0.05) is 33.1 Å². The van der Waals surface area contributed by atoms with Crippen LogP contribution in [-0.4, -0.2) is 36.5 Å². The molecule has 0 aromatic rings. The Morgan fingerprint density at radius 3 is 2.35 bits per heavy atom. The average molecular weight is 280 g/mol. The first kappa shape index (κ1) is 15.8. The van der Waals surface area contributed by atoms with Gasteiger partial charge < -0.3 is 5.32 Å². The van der Waals surface area contributed by atoms with Crippen LogP contribution in [0.2, 0.25) is 0 Å². The summed E-state index contributed by atoms with van der Waals surface area (Å²) >= 11 is 0. The summed E-state index contributed by atoms with van der Waals surface area (Å²) in [6, 6.07) is 0.0313. The summed E-state index contributed by atoms with van der Waals surface area (Å²) in [7, 11) is 0. The smallest absolute Gasteiger partial charge is 0.237 e. The van der Waals surface area contributed by atoms with Crippen molar-refractivity contribution in [1.29, 1.82) is 0 Å². The van der Waals surface area contributed by atoms with E-state index >= 15 is 0 Å². The number of nitrogens with one attached hydrogen (secondary N) is 1. The maximum absolute atomic E-state index is 12.3. The quantitative estimate of drug-likeness (QED) is 0.858. The minimum atomic E-state index is 0.0313. The molecule has 1 heterocycles. The van der Waals surface area contributed by atoms with Crippen molar-refractivity contribution in [3.8, 4) is 0 Å². The molecule has 0 radical (unpaired) electrons. The van der Waals surface area contributed by atoms with E-state index in [1.807, 2.05) is 0 Å². The van der Waals surface area contributed by atoms with Gasteiger partial charge in [-0.15, -0.1) is 0 Å². The van der Waals surface area contributed by atoms with Crippen molar-refractivity contribution in [2.45, 2.75) is 65.3 Å². The fourth-order valence-corrected chi connectivity index (χ4v) is 3.98. The number of hydrogen-bond donors (Lipinski definition) is 1. The van der Waals surface area contributed by atoms with Gasteiger partial charge in [0.2, 0.25) is 5.91 Å². The van der Waals surface area contributed by atoms with Crippen molar-refractivity contribution in [2.24, 2.45) is 17.8 Å². The van der Waals surface area contributed by atoms with E-state index in [2.05, 4.69) is 31.0 Å². The summed E-state index contributed by atoms with van der Waals surface area (Å²) in [6.45, 7) is 9.71. The van der Waals surface area contributed by atoms with Crippen LogP contribution < -0.4 is 5.32 Å². The molecule has 0 aromatic heterocycles. The van der Waals surface area contributed by atoms with Crippen molar-refractivity contribution in [3.05, 3.63) is 0 Å². The van der Waals surface area contributed by atoms with Crippen LogP contribution in [-0.2, 0) is 4.79 Å². The summed E-state index contributed by atoms with van der Waals surface area (Å²) < 4.78 is 0. The molecule has 2 fully saturated rings. The van der Waals surface area contributed by atoms with Gasteiger partial charge in [0.1, 0.15) is 0 Å². The number of carbonyl (C=O) groups is 1. The highest BCUT2D eigenvalue weighted by Crippen LogP contribution is 2.24. The second-order valence-electron chi connectivity index (χ2n) is 7.33. The summed E-state index contributed by atoms with van der Waals surface area (Å²) in [6.07, 6.45) is 7.96. The average Bonchev–Trinajstić information content (AvgIpc) is 2.44. The van der Waals surface area contributed by atoms with Crippen molar-refractivity contribution in [1.82, 2.24) is 10.2 Å². The van der Waals surface area contributed by atoms with Crippen LogP contribution in [0.4, 0.5) is 0 Å². The minimum absolute atomic E-state index is 0.0313. The van der Waals surface area contributed by atoms with Gasteiger partial charge in [0.15, 0.2) is 0 Å². The zero-order valence-corrected chi connectivity index (χ0v) is 13.5. The summed E-state index contributed by atoms with van der Waals surface area (Å²) in [4.78, 5) is 14.7. The number of nitrogens with zero attached hydrogens (tertiary/aromatic N) is 1. The van der Waals surface area contributed by atoms with Gasteiger partial charge >= 0.3 is 0 Å². The maximum Gasteiger partial charge on any atom is 0.237 e. The number of piperidine rings is 1. The van der Waals surface area contributed by atoms with Crippen LogP contribution in [0.3, 0.4) is 0 Å². The number of likely N-dealkylation sites (tertiary alicyclic amines) is 1. The molecule has 1 N–H and O–H groups in total. The summed E-state index contributed by atoms with van der Waals surface area (Å²) in [5.41, 5.74) is 0. The molecule has 2 aliphatic rings. The number of amides is 1. The Bertz CT molecular complexity index is 302. The van der Waals surface area contributed by atoms with Crippen molar-refractivity contribution in [2.75, 3.05) is 19.6 Å². The first-order valence-corrected chi connectivity index (χ1v) is 8.58. The molecule has 1 saturated carbocycles. The van der Waals surface area contributed by atoms with E-state index in [1.165, 1.54) is 38.5 Å². The second kappa shape index (κ2) is 7.44. The van der Waals surface area contributed by atoms with Crippen LogP contribution in [0.15, 0.2) is 0 Å². The molecule has 3 unspecified atom stereocenters. The van der Waals surface area contributed by atoms with E-state index in [9.17, 15) is 4.79 Å². The Balaban J connectivity index is 1.76. The normalized spacial score (nSPS) is 30.9. The Morgan fingerprint density at radius 1 is 1.15 bits per heavy atom. The topological polar surface area (TPSA) is 32.3 Å². The molecule has 3 heteroatoms. The monoisotopic (exact) mass is 280 g/mol. The molecule has 3 nitrogen and oxygen atoms in total. The highest BCUT2D eigenvalue weighted by molar-refractivity contribution is 5.81. The predicted octanol–water partition coefficient (Wildman–Crippen LogP) is 3.05. The standard InChI is InChI=1S/C17H32N2O/c1-13-9-14(2)12-19(11-13)15(3)17(20)18-10-16-7-5-4-6-8-16/h13-16H,4-12H2,1-3H3,(H,18,20). The van der Waals surface area contributed by atoms with Gasteiger partial charge in [-0.25, -0.2) is 0 Å². The van der Waals surface area contributed by atoms with Gasteiger partial charge in [-0.3, -0.25) is 9.69 Å². The molecular weight excluding hydrogens is 248 g/mol. The van der Waals surface area contributed by atoms with Crippen LogP contribution in [0.1, 0.15) is 59.3 Å². The lowest BCUT2D eigenvalue weighted by Gasteiger charge is -2.38. The Labute approximate surface area is 124 Å². The molecule has 1 aliphatic heterocycles. The molecule has 0 spiro atoms. The Hall–Kier alpha value is -0.570. The SMILES string of the molecule is CC1CC(C)CN(C(C)C(=O)NCC2CCCCC2)C1. The largest absolute Gasteiger partial charge is 0.354 e. The van der Waals surface area contributed by atoms with E-state index in [-0.39, 0.29) is 11.9 Å². The van der Waals surface area contributed by atoms with E-state index in [1.54, 1.807) is 0 Å². The zero-order valence-electron chi connectivity index (χ0n) is 13.5. The molecule has 116 valence electrons. The summed E-state index contributed by atoms with van der Waals surface area (Å²) in [5, 5.41) is 3.20. The molecule has 20 heavy (non-hydrogen) atoms. The lowest BCUT2D eigenvalue weighted by Crippen LogP contribution is -2.51. The third-order valence-electron chi connectivity index (χ3n) is 5.11. The fourth-order valence-electron chi connectivity index (χ4n) is 3.98. The molecule has 1 saturated heterocycles. The Morgan fingerprint density at radius 2 is 1.75 bits per heavy atom. The summed E-state index contributed by atoms with van der Waals surface area (Å²) in [5.74, 6) is 2.38. The van der Waals surface area contributed by atoms with Gasteiger partial charge in [0.25, 0.3) is 0 Å². The highest BCUT2D eigenvalue weighted by Gasteiger charge is 2.28. The fraction of sp³-hybridized carbons (Fsp3) is 0.941. The van der Waals surface area contributed by atoms with E-state index < -0.39 is 0 Å². The van der Waals surface area contributed by atoms with Crippen LogP contribution in [0, 0.1) is 17.8 Å². The van der Waals surface area contributed by atoms with E-state index in [0.717, 1.165) is 25.6 Å². The maximum atomic E-state index is 12.3. The van der Waals surface area contributed by atoms with E-state index in [0.29, 0.717) is 11.8 Å². The van der Waals surface area contributed by atoms with Crippen LogP contribution >= 0.6 is 0 Å². The number of rotatable bonds is 4. The number of hydrogen-bond acceptors (Lipinski definition) is 2. The molecule has 1 aliphatic carbocycles. The van der Waals surface area contributed by atoms with Crippen LogP contribution in [0.5, 0.6) is 0 Å². The molecule has 2 rings (SSSR count). The lowest BCUT2D eigenvalue weighted by molar-refractivity contribution is -0.127. The first-order valence-electron chi connectivity index (χ1n) is 8.58. The molecule has 1 amide bonds. The van der Waals surface area contributed by atoms with Crippen molar-refractivity contribution in [3.63, 3.8) is 0 Å². The van der Waals surface area contributed by atoms with Crippen molar-refractivity contribution < 1.29 is 4.79 Å². The third-order valence-corrected chi connectivity index (χ3v) is 5.11. The first-order chi connectivity index (χ1) is 9.56. The minimum Gasteiger partial charge on any atom is -0.354 e. The number of carbonyl (C=O) groups excluding carboxylic acids is 1. The second-order valence-corrected chi connectivity index (χ2v) is 7.33. The van der Waals surface area contributed by atoms with Gasteiger partial charge in [-0.05, 0) is 43.9 Å². The van der Waals surface area contributed by atoms with Crippen molar-refractivity contribution >= 4 is 5.91 Å². The predicted molar refractivity (Wildman–Crippen MR) is 83.6 cm³/mol. The molecular formula is C17H32N2O. The van der Waals surface area contributed by atoms with Gasteiger partial charge in [-0.2, -0.15) is 0 Å². The van der Waals surface area contributed by atoms with Crippen LogP contribution in [0.25, 0.3) is 0 Å².